The number of halogens is 1. The number of alkyl halides is 1. The van der Waals surface area contributed by atoms with Crippen LogP contribution < -0.4 is 34.7 Å². The molecular formula is C5H8ClNaO2. The maximum absolute atomic E-state index is 9.73. The predicted molar refractivity (Wildman–Crippen MR) is 29.6 cm³/mol. The molecule has 0 aromatic rings. The molecule has 0 saturated heterocycles. The Labute approximate surface area is 81.9 Å². The van der Waals surface area contributed by atoms with Crippen LogP contribution in [0.1, 0.15) is 19.8 Å². The van der Waals surface area contributed by atoms with Gasteiger partial charge in [0.05, 0.1) is 0 Å². The Bertz CT molecular complexity index is 85.0. The molecule has 4 heteroatoms. The predicted octanol–water partition coefficient (Wildman–Crippen LogP) is -2.85. The fourth-order valence-corrected chi connectivity index (χ4v) is 0.426. The molecule has 0 fully saturated rings. The Kier molecular flexibility index (Phi) is 9.50. The summed E-state index contributed by atoms with van der Waals surface area (Å²) in [6.07, 6.45) is 0.550. The van der Waals surface area contributed by atoms with Crippen molar-refractivity contribution in [3.05, 3.63) is 0 Å². The zero-order valence-corrected chi connectivity index (χ0v) is 8.44. The third kappa shape index (κ3) is 12.1. The number of hydrogen-bond donors (Lipinski definition) is 0. The molecule has 0 heterocycles. The molecule has 2 nitrogen and oxygen atoms in total. The smallest absolute Gasteiger partial charge is 0.550 e. The van der Waals surface area contributed by atoms with Crippen molar-refractivity contribution < 1.29 is 39.5 Å². The minimum absolute atomic E-state index is 0. The van der Waals surface area contributed by atoms with Crippen molar-refractivity contribution in [3.8, 4) is 0 Å². The van der Waals surface area contributed by atoms with Crippen LogP contribution in [0.5, 0.6) is 0 Å². The van der Waals surface area contributed by atoms with Crippen LogP contribution in [-0.4, -0.2) is 11.3 Å². The van der Waals surface area contributed by atoms with E-state index in [1.807, 2.05) is 0 Å². The number of rotatable bonds is 3. The summed E-state index contributed by atoms with van der Waals surface area (Å²) in [5.41, 5.74) is 0. The second-order valence-electron chi connectivity index (χ2n) is 1.69. The van der Waals surface area contributed by atoms with Gasteiger partial charge in [0.15, 0.2) is 0 Å². The Hall–Kier alpha value is 0.760. The molecule has 48 valence electrons. The first kappa shape index (κ1) is 12.4. The van der Waals surface area contributed by atoms with Crippen LogP contribution in [0, 0.1) is 0 Å². The van der Waals surface area contributed by atoms with Gasteiger partial charge in [-0.1, -0.05) is 0 Å². The van der Waals surface area contributed by atoms with Gasteiger partial charge < -0.3 is 9.90 Å². The van der Waals surface area contributed by atoms with E-state index in [1.54, 1.807) is 6.92 Å². The zero-order valence-electron chi connectivity index (χ0n) is 5.69. The molecule has 0 spiro atoms. The monoisotopic (exact) mass is 158 g/mol. The van der Waals surface area contributed by atoms with Gasteiger partial charge in [-0.2, -0.15) is 0 Å². The Morgan fingerprint density at radius 1 is 1.78 bits per heavy atom. The average Bonchev–Trinajstić information content (AvgIpc) is 1.61. The molecule has 0 amide bonds. The van der Waals surface area contributed by atoms with Gasteiger partial charge in [0.25, 0.3) is 0 Å². The number of carboxylic acid groups (broad SMARTS) is 1. The van der Waals surface area contributed by atoms with Crippen LogP contribution in [0.15, 0.2) is 0 Å². The molecule has 0 aliphatic heterocycles. The summed E-state index contributed by atoms with van der Waals surface area (Å²) in [5.74, 6) is -1.03. The third-order valence-corrected chi connectivity index (χ3v) is 0.964. The van der Waals surface area contributed by atoms with Gasteiger partial charge in [-0.05, 0) is 19.8 Å². The van der Waals surface area contributed by atoms with Gasteiger partial charge in [0.2, 0.25) is 0 Å². The fraction of sp³-hybridized carbons (Fsp3) is 0.800. The zero-order chi connectivity index (χ0) is 6.57. The molecule has 0 rings (SSSR count). The van der Waals surface area contributed by atoms with Crippen LogP contribution >= 0.6 is 11.6 Å². The maximum Gasteiger partial charge on any atom is 1.00 e. The van der Waals surface area contributed by atoms with E-state index in [0.29, 0.717) is 6.42 Å². The first-order chi connectivity index (χ1) is 3.63. The van der Waals surface area contributed by atoms with Crippen LogP contribution in [0.25, 0.3) is 0 Å². The molecule has 0 aromatic carbocycles. The third-order valence-electron chi connectivity index (χ3n) is 0.746. The van der Waals surface area contributed by atoms with Gasteiger partial charge in [-0.25, -0.2) is 0 Å². The van der Waals surface area contributed by atoms with Crippen molar-refractivity contribution in [1.29, 1.82) is 0 Å². The van der Waals surface area contributed by atoms with E-state index < -0.39 is 5.97 Å². The SMILES string of the molecule is C[C@@H](Cl)CCC(=O)[O-].[Na+]. The van der Waals surface area contributed by atoms with Crippen LogP contribution in [0.3, 0.4) is 0 Å². The van der Waals surface area contributed by atoms with Gasteiger partial charge in [0, 0.05) is 11.3 Å². The number of hydrogen-bond acceptors (Lipinski definition) is 2. The van der Waals surface area contributed by atoms with Gasteiger partial charge in [-0.3, -0.25) is 0 Å². The van der Waals surface area contributed by atoms with E-state index in [4.69, 9.17) is 11.6 Å². The minimum Gasteiger partial charge on any atom is -0.550 e. The number of aliphatic carboxylic acids is 1. The molecule has 0 unspecified atom stereocenters. The molecule has 0 aromatic heterocycles. The van der Waals surface area contributed by atoms with Crippen LogP contribution in [0.4, 0.5) is 0 Å². The Morgan fingerprint density at radius 2 is 2.22 bits per heavy atom. The molecule has 0 aliphatic carbocycles. The summed E-state index contributed by atoms with van der Waals surface area (Å²) in [4.78, 5) is 9.73. The van der Waals surface area contributed by atoms with Crippen LogP contribution in [0.2, 0.25) is 0 Å². The number of carbonyl (C=O) groups excluding carboxylic acids is 1. The van der Waals surface area contributed by atoms with Gasteiger partial charge >= 0.3 is 29.6 Å². The summed E-state index contributed by atoms with van der Waals surface area (Å²) < 4.78 is 0. The maximum atomic E-state index is 9.73. The fourth-order valence-electron chi connectivity index (χ4n) is 0.317. The average molecular weight is 159 g/mol. The van der Waals surface area contributed by atoms with E-state index >= 15 is 0 Å². The molecule has 1 atom stereocenters. The summed E-state index contributed by atoms with van der Waals surface area (Å²) >= 11 is 5.43. The molecule has 0 radical (unpaired) electrons. The molecule has 9 heavy (non-hydrogen) atoms. The van der Waals surface area contributed by atoms with Gasteiger partial charge in [-0.15, -0.1) is 11.6 Å². The van der Waals surface area contributed by atoms with E-state index in [0.717, 1.165) is 0 Å². The topological polar surface area (TPSA) is 40.1 Å². The minimum atomic E-state index is -1.03. The normalized spacial score (nSPS) is 11.8. The number of carbonyl (C=O) groups is 1. The second-order valence-corrected chi connectivity index (χ2v) is 2.44. The summed E-state index contributed by atoms with van der Waals surface area (Å²) in [5, 5.41) is 9.67. The van der Waals surface area contributed by atoms with Crippen molar-refractivity contribution in [2.24, 2.45) is 0 Å². The number of carboxylic acids is 1. The van der Waals surface area contributed by atoms with E-state index in [1.165, 1.54) is 0 Å². The van der Waals surface area contributed by atoms with Crippen molar-refractivity contribution in [2.45, 2.75) is 25.1 Å². The van der Waals surface area contributed by atoms with Crippen molar-refractivity contribution in [2.75, 3.05) is 0 Å². The first-order valence-corrected chi connectivity index (χ1v) is 2.90. The van der Waals surface area contributed by atoms with E-state index in [2.05, 4.69) is 0 Å². The molecule has 0 bridgehead atoms. The second kappa shape index (κ2) is 6.87. The molecule has 0 aliphatic rings. The summed E-state index contributed by atoms with van der Waals surface area (Å²) in [6.45, 7) is 1.75. The van der Waals surface area contributed by atoms with E-state index in [-0.39, 0.29) is 41.4 Å². The Morgan fingerprint density at radius 3 is 2.33 bits per heavy atom. The van der Waals surface area contributed by atoms with Crippen molar-refractivity contribution in [3.63, 3.8) is 0 Å². The van der Waals surface area contributed by atoms with Crippen molar-refractivity contribution >= 4 is 17.6 Å². The van der Waals surface area contributed by atoms with Gasteiger partial charge in [0.1, 0.15) is 0 Å². The Balaban J connectivity index is 0. The quantitative estimate of drug-likeness (QED) is 0.328. The van der Waals surface area contributed by atoms with Crippen molar-refractivity contribution in [1.82, 2.24) is 0 Å². The summed E-state index contributed by atoms with van der Waals surface area (Å²) in [6, 6.07) is 0. The first-order valence-electron chi connectivity index (χ1n) is 2.47. The summed E-state index contributed by atoms with van der Waals surface area (Å²) in [7, 11) is 0. The molecule has 0 saturated carbocycles. The molecule has 0 N–H and O–H groups in total. The standard InChI is InChI=1S/C5H9ClO2.Na/c1-4(6)2-3-5(7)8;/h4H,2-3H2,1H3,(H,7,8);/q;+1/p-1/t4-;/m1./s1. The van der Waals surface area contributed by atoms with Crippen LogP contribution in [-0.2, 0) is 4.79 Å². The molecular weight excluding hydrogens is 150 g/mol. The van der Waals surface area contributed by atoms with E-state index in [9.17, 15) is 9.90 Å². The largest absolute Gasteiger partial charge is 1.00 e.